The predicted octanol–water partition coefficient (Wildman–Crippen LogP) is 4.92. The number of likely N-dealkylation sites (tertiary alicyclic amines) is 1. The average Bonchev–Trinajstić information content (AvgIpc) is 3.41. The summed E-state index contributed by atoms with van der Waals surface area (Å²) in [5.74, 6) is -1.24. The van der Waals surface area contributed by atoms with Gasteiger partial charge in [-0.05, 0) is 51.5 Å². The van der Waals surface area contributed by atoms with Gasteiger partial charge in [-0.2, -0.15) is 23.9 Å². The number of nitriles is 1. The van der Waals surface area contributed by atoms with E-state index >= 15 is 0 Å². The van der Waals surface area contributed by atoms with Crippen LogP contribution in [0.2, 0.25) is 0 Å². The van der Waals surface area contributed by atoms with E-state index in [1.807, 2.05) is 18.2 Å². The number of carboxylic acids is 1. The van der Waals surface area contributed by atoms with Crippen LogP contribution in [0.5, 0.6) is 0 Å². The number of carboxylic acid groups (broad SMARTS) is 1. The van der Waals surface area contributed by atoms with Gasteiger partial charge in [0.1, 0.15) is 17.3 Å². The summed E-state index contributed by atoms with van der Waals surface area (Å²) in [5, 5.41) is 34.2. The fraction of sp³-hybridized carbons (Fsp3) is 0.613. The minimum Gasteiger partial charge on any atom is -0.481 e. The third kappa shape index (κ3) is 7.97. The number of carbonyl (C=O) groups excluding carboxylic acids is 1. The van der Waals surface area contributed by atoms with E-state index in [-0.39, 0.29) is 48.6 Å². The number of hydrogen-bond acceptors (Lipinski definition) is 9. The summed E-state index contributed by atoms with van der Waals surface area (Å²) in [6, 6.07) is 9.73. The second-order valence-corrected chi connectivity index (χ2v) is 15.4. The van der Waals surface area contributed by atoms with Crippen LogP contribution in [0.15, 0.2) is 40.6 Å². The molecule has 254 valence electrons. The van der Waals surface area contributed by atoms with Crippen molar-refractivity contribution in [1.29, 1.82) is 5.26 Å². The Kier molecular flexibility index (Phi) is 11.2. The molecule has 6 atom stereocenters. The second kappa shape index (κ2) is 15.0. The third-order valence-electron chi connectivity index (χ3n) is 9.54. The van der Waals surface area contributed by atoms with Gasteiger partial charge in [-0.15, -0.1) is 28.3 Å². The molecule has 2 heterocycles. The molecule has 5 rings (SSSR count). The SMILES string of the molecule is CCC(=O)NC1CC(N2CCCC(C(=O)O)C2)CCC1N=Nc1c(C#N)c(-c2ccccc2)nn1C1C(Cl)CC(S(=O)(=O)O)CC1Cl. The Labute approximate surface area is 284 Å². The molecule has 1 aliphatic heterocycles. The normalized spacial score (nSPS) is 30.5. The van der Waals surface area contributed by atoms with Crippen LogP contribution in [0.25, 0.3) is 11.3 Å². The molecule has 1 aromatic heterocycles. The first-order chi connectivity index (χ1) is 22.4. The highest BCUT2D eigenvalue weighted by Crippen LogP contribution is 2.43. The van der Waals surface area contributed by atoms with Gasteiger partial charge in [0.05, 0.1) is 40.0 Å². The monoisotopic (exact) mass is 707 g/mol. The smallest absolute Gasteiger partial charge is 0.307 e. The van der Waals surface area contributed by atoms with E-state index in [1.54, 1.807) is 19.1 Å². The Morgan fingerprint density at radius 2 is 1.83 bits per heavy atom. The van der Waals surface area contributed by atoms with Crippen molar-refractivity contribution >= 4 is 51.0 Å². The topological polar surface area (TPSA) is 190 Å². The molecule has 6 unspecified atom stereocenters. The maximum Gasteiger partial charge on any atom is 0.307 e. The number of aliphatic carboxylic acids is 1. The molecule has 3 fully saturated rings. The van der Waals surface area contributed by atoms with Gasteiger partial charge in [0.25, 0.3) is 10.1 Å². The molecular formula is C31H39Cl2N7O6S. The highest BCUT2D eigenvalue weighted by Gasteiger charge is 2.44. The molecule has 16 heteroatoms. The number of nitrogens with one attached hydrogen (secondary N) is 1. The standard InChI is InChI=1S/C31H39Cl2N7O6S/c1-2-27(41)35-26-13-20(39-12-6-9-19(17-39)31(42)43)10-11-25(26)36-37-30-22(16-34)28(18-7-4-3-5-8-18)38-40(30)29-23(32)14-21(15-24(29)33)47(44,45)46/h3-5,7-8,19-21,23-26,29H,2,6,9-15,17H2,1H3,(H,35,41)(H,42,43)(H,44,45,46). The molecule has 47 heavy (non-hydrogen) atoms. The van der Waals surface area contributed by atoms with Crippen molar-refractivity contribution in [1.82, 2.24) is 20.0 Å². The summed E-state index contributed by atoms with van der Waals surface area (Å²) in [6.07, 6.45) is 3.41. The fourth-order valence-corrected chi connectivity index (χ4v) is 9.20. The number of hydrogen-bond donors (Lipinski definition) is 3. The molecule has 1 saturated heterocycles. The number of azo groups is 1. The van der Waals surface area contributed by atoms with Crippen LogP contribution in [-0.4, -0.2) is 91.9 Å². The lowest BCUT2D eigenvalue weighted by Crippen LogP contribution is -2.53. The van der Waals surface area contributed by atoms with E-state index in [2.05, 4.69) is 26.5 Å². The first-order valence-corrected chi connectivity index (χ1v) is 18.3. The number of halogens is 2. The predicted molar refractivity (Wildman–Crippen MR) is 175 cm³/mol. The Morgan fingerprint density at radius 1 is 1.13 bits per heavy atom. The molecular weight excluding hydrogens is 669 g/mol. The van der Waals surface area contributed by atoms with Gasteiger partial charge in [0, 0.05) is 24.6 Å². The van der Waals surface area contributed by atoms with E-state index in [0.717, 1.165) is 19.4 Å². The number of carbonyl (C=O) groups is 2. The van der Waals surface area contributed by atoms with Gasteiger partial charge in [-0.25, -0.2) is 4.68 Å². The van der Waals surface area contributed by atoms with Crippen LogP contribution < -0.4 is 5.32 Å². The fourth-order valence-electron chi connectivity index (χ4n) is 7.02. The van der Waals surface area contributed by atoms with Crippen molar-refractivity contribution in [3.05, 3.63) is 35.9 Å². The van der Waals surface area contributed by atoms with Gasteiger partial charge in [0.2, 0.25) is 5.91 Å². The number of alkyl halides is 2. The number of rotatable bonds is 9. The van der Waals surface area contributed by atoms with Crippen LogP contribution >= 0.6 is 23.2 Å². The van der Waals surface area contributed by atoms with E-state index in [4.69, 9.17) is 28.3 Å². The number of aromatic nitrogens is 2. The number of nitrogens with zero attached hydrogens (tertiary/aromatic N) is 6. The summed E-state index contributed by atoms with van der Waals surface area (Å²) >= 11 is 13.5. The van der Waals surface area contributed by atoms with E-state index in [1.165, 1.54) is 4.68 Å². The van der Waals surface area contributed by atoms with Gasteiger partial charge in [-0.1, -0.05) is 37.3 Å². The Hall–Kier alpha value is -3.09. The molecule has 2 aromatic rings. The largest absolute Gasteiger partial charge is 0.481 e. The van der Waals surface area contributed by atoms with Crippen molar-refractivity contribution < 1.29 is 27.7 Å². The summed E-state index contributed by atoms with van der Waals surface area (Å²) in [7, 11) is -4.38. The molecule has 1 aromatic carbocycles. The van der Waals surface area contributed by atoms with Crippen molar-refractivity contribution in [3.8, 4) is 17.3 Å². The van der Waals surface area contributed by atoms with Gasteiger partial charge >= 0.3 is 5.97 Å². The highest BCUT2D eigenvalue weighted by atomic mass is 35.5. The van der Waals surface area contributed by atoms with Crippen LogP contribution in [0.4, 0.5) is 5.82 Å². The lowest BCUT2D eigenvalue weighted by Gasteiger charge is -2.42. The lowest BCUT2D eigenvalue weighted by atomic mass is 9.84. The molecule has 2 saturated carbocycles. The Morgan fingerprint density at radius 3 is 2.45 bits per heavy atom. The molecule has 0 radical (unpaired) electrons. The molecule has 1 amide bonds. The van der Waals surface area contributed by atoms with Crippen molar-refractivity contribution in [2.45, 2.75) is 98.5 Å². The van der Waals surface area contributed by atoms with E-state index in [0.29, 0.717) is 37.1 Å². The molecule has 3 aliphatic rings. The average molecular weight is 709 g/mol. The zero-order valence-corrected chi connectivity index (χ0v) is 28.3. The summed E-state index contributed by atoms with van der Waals surface area (Å²) in [4.78, 5) is 26.5. The molecule has 3 N–H and O–H groups in total. The maximum absolute atomic E-state index is 12.6. The number of amides is 1. The molecule has 0 spiro atoms. The summed E-state index contributed by atoms with van der Waals surface area (Å²) in [5.41, 5.74) is 1.13. The minimum atomic E-state index is -4.38. The summed E-state index contributed by atoms with van der Waals surface area (Å²) in [6.45, 7) is 3.02. The lowest BCUT2D eigenvalue weighted by molar-refractivity contribution is -0.144. The Balaban J connectivity index is 1.48. The van der Waals surface area contributed by atoms with Crippen LogP contribution in [-0.2, 0) is 19.7 Å². The van der Waals surface area contributed by atoms with Crippen molar-refractivity contribution in [2.24, 2.45) is 16.1 Å². The minimum absolute atomic E-state index is 0.0719. The zero-order valence-electron chi connectivity index (χ0n) is 26.0. The van der Waals surface area contributed by atoms with Gasteiger partial charge in [0.15, 0.2) is 5.82 Å². The van der Waals surface area contributed by atoms with E-state index in [9.17, 15) is 32.9 Å². The quantitative estimate of drug-likeness (QED) is 0.184. The second-order valence-electron chi connectivity index (χ2n) is 12.6. The number of piperidine rings is 1. The zero-order chi connectivity index (χ0) is 33.9. The number of benzene rings is 1. The van der Waals surface area contributed by atoms with Crippen molar-refractivity contribution in [2.75, 3.05) is 13.1 Å². The van der Waals surface area contributed by atoms with Crippen LogP contribution in [0.3, 0.4) is 0 Å². The Bertz CT molecular complexity index is 1620. The maximum atomic E-state index is 12.6. The van der Waals surface area contributed by atoms with Crippen molar-refractivity contribution in [3.63, 3.8) is 0 Å². The molecule has 0 bridgehead atoms. The third-order valence-corrected chi connectivity index (χ3v) is 11.6. The van der Waals surface area contributed by atoms with Crippen LogP contribution in [0.1, 0.15) is 69.9 Å². The molecule has 13 nitrogen and oxygen atoms in total. The summed E-state index contributed by atoms with van der Waals surface area (Å²) < 4.78 is 35.0. The van der Waals surface area contributed by atoms with E-state index < -0.39 is 50.1 Å². The first kappa shape index (κ1) is 35.2. The van der Waals surface area contributed by atoms with Crippen LogP contribution in [0, 0.1) is 17.2 Å². The first-order valence-electron chi connectivity index (χ1n) is 15.9. The highest BCUT2D eigenvalue weighted by molar-refractivity contribution is 7.86. The van der Waals surface area contributed by atoms with Gasteiger partial charge in [-0.3, -0.25) is 19.0 Å². The molecule has 2 aliphatic carbocycles. The van der Waals surface area contributed by atoms with Gasteiger partial charge < -0.3 is 10.4 Å².